The van der Waals surface area contributed by atoms with Crippen molar-refractivity contribution >= 4 is 11.3 Å². The molecule has 1 unspecified atom stereocenters. The van der Waals surface area contributed by atoms with Gasteiger partial charge >= 0.3 is 0 Å². The van der Waals surface area contributed by atoms with Crippen LogP contribution in [0, 0.1) is 5.82 Å². The Morgan fingerprint density at radius 3 is 2.53 bits per heavy atom. The number of alkyl halides is 1. The predicted octanol–water partition coefficient (Wildman–Crippen LogP) is 3.71. The average molecular weight is 427 g/mol. The number of hydrogen-bond donors (Lipinski definition) is 0. The topological polar surface area (TPSA) is 82.8 Å². The molecule has 4 aromatic rings. The molecule has 152 valence electrons. The summed E-state index contributed by atoms with van der Waals surface area (Å²) in [6.45, 7) is 1.40. The van der Waals surface area contributed by atoms with Crippen molar-refractivity contribution in [1.29, 1.82) is 0 Å². The fourth-order valence-corrected chi connectivity index (χ4v) is 3.47. The second kappa shape index (κ2) is 8.46. The summed E-state index contributed by atoms with van der Waals surface area (Å²) in [6, 6.07) is 12.1. The van der Waals surface area contributed by atoms with E-state index < -0.39 is 6.36 Å². The first-order valence-corrected chi connectivity index (χ1v) is 9.73. The zero-order chi connectivity index (χ0) is 21.1. The van der Waals surface area contributed by atoms with Crippen molar-refractivity contribution in [2.45, 2.75) is 19.8 Å². The molecule has 0 N–H and O–H groups in total. The first-order valence-electron chi connectivity index (χ1n) is 8.91. The minimum absolute atomic E-state index is 0.138. The van der Waals surface area contributed by atoms with E-state index in [9.17, 15) is 13.6 Å². The van der Waals surface area contributed by atoms with Crippen molar-refractivity contribution in [1.82, 2.24) is 25.0 Å². The Morgan fingerprint density at radius 1 is 1.07 bits per heavy atom. The second-order valence-electron chi connectivity index (χ2n) is 6.27. The van der Waals surface area contributed by atoms with Crippen LogP contribution in [0.15, 0.2) is 59.5 Å². The maximum Gasteiger partial charge on any atom is 0.267 e. The predicted molar refractivity (Wildman–Crippen MR) is 107 cm³/mol. The van der Waals surface area contributed by atoms with Gasteiger partial charge in [-0.25, -0.2) is 18.4 Å². The first kappa shape index (κ1) is 19.8. The van der Waals surface area contributed by atoms with Crippen molar-refractivity contribution in [2.75, 3.05) is 0 Å². The van der Waals surface area contributed by atoms with E-state index in [0.717, 1.165) is 5.56 Å². The monoisotopic (exact) mass is 427 g/mol. The van der Waals surface area contributed by atoms with Gasteiger partial charge in [0.2, 0.25) is 12.2 Å². The van der Waals surface area contributed by atoms with Gasteiger partial charge in [-0.15, -0.1) is 10.2 Å². The Hall–Kier alpha value is -3.53. The van der Waals surface area contributed by atoms with E-state index >= 15 is 0 Å². The molecule has 0 saturated heterocycles. The molecule has 0 aliphatic rings. The van der Waals surface area contributed by atoms with Crippen molar-refractivity contribution in [2.24, 2.45) is 0 Å². The molecule has 0 saturated carbocycles. The van der Waals surface area contributed by atoms with Crippen LogP contribution in [-0.4, -0.2) is 31.3 Å². The van der Waals surface area contributed by atoms with Crippen LogP contribution in [0.4, 0.5) is 8.78 Å². The Bertz CT molecular complexity index is 1210. The Morgan fingerprint density at radius 2 is 1.83 bits per heavy atom. The van der Waals surface area contributed by atoms with Crippen LogP contribution in [0.1, 0.15) is 11.9 Å². The third-order valence-electron chi connectivity index (χ3n) is 4.02. The highest BCUT2D eigenvalue weighted by atomic mass is 32.1. The van der Waals surface area contributed by atoms with Crippen molar-refractivity contribution in [3.05, 3.63) is 75.9 Å². The number of pyridine rings is 1. The van der Waals surface area contributed by atoms with Crippen LogP contribution in [0.3, 0.4) is 0 Å². The van der Waals surface area contributed by atoms with Gasteiger partial charge in [0.1, 0.15) is 15.8 Å². The third-order valence-corrected chi connectivity index (χ3v) is 4.98. The zero-order valence-electron chi connectivity index (χ0n) is 15.7. The van der Waals surface area contributed by atoms with Crippen LogP contribution in [0.2, 0.25) is 0 Å². The van der Waals surface area contributed by atoms with Gasteiger partial charge in [0.15, 0.2) is 0 Å². The van der Waals surface area contributed by atoms with E-state index in [1.165, 1.54) is 53.4 Å². The van der Waals surface area contributed by atoms with Crippen LogP contribution < -0.4 is 10.3 Å². The summed E-state index contributed by atoms with van der Waals surface area (Å²) in [7, 11) is 0. The number of nitrogens with zero attached hydrogens (tertiary/aromatic N) is 5. The highest BCUT2D eigenvalue weighted by Crippen LogP contribution is 2.24. The van der Waals surface area contributed by atoms with Gasteiger partial charge in [-0.3, -0.25) is 4.79 Å². The summed E-state index contributed by atoms with van der Waals surface area (Å²) in [5.41, 5.74) is 1.61. The number of halogens is 2. The van der Waals surface area contributed by atoms with E-state index in [1.807, 2.05) is 0 Å². The lowest BCUT2D eigenvalue weighted by Gasteiger charge is -2.07. The van der Waals surface area contributed by atoms with Crippen LogP contribution in [0.5, 0.6) is 5.88 Å². The molecule has 7 nitrogen and oxygen atoms in total. The molecule has 10 heteroatoms. The molecular weight excluding hydrogens is 412 g/mol. The number of hydrogen-bond acceptors (Lipinski definition) is 7. The van der Waals surface area contributed by atoms with E-state index in [0.29, 0.717) is 21.3 Å². The van der Waals surface area contributed by atoms with Crippen LogP contribution >= 0.6 is 11.3 Å². The molecule has 30 heavy (non-hydrogen) atoms. The molecule has 1 aromatic carbocycles. The molecule has 0 bridgehead atoms. The van der Waals surface area contributed by atoms with Crippen molar-refractivity contribution in [3.63, 3.8) is 0 Å². The van der Waals surface area contributed by atoms with Crippen molar-refractivity contribution in [3.8, 4) is 27.7 Å². The summed E-state index contributed by atoms with van der Waals surface area (Å²) >= 11 is 1.30. The van der Waals surface area contributed by atoms with E-state index in [1.54, 1.807) is 24.3 Å². The molecule has 0 aliphatic heterocycles. The Labute approximate surface area is 173 Å². The molecule has 1 atom stereocenters. The number of aromatic nitrogens is 5. The van der Waals surface area contributed by atoms with Gasteiger partial charge in [-0.1, -0.05) is 11.3 Å². The van der Waals surface area contributed by atoms with Crippen LogP contribution in [-0.2, 0) is 6.54 Å². The summed E-state index contributed by atoms with van der Waals surface area (Å²) in [5.74, 6) is -0.173. The maximum atomic E-state index is 13.1. The largest absolute Gasteiger partial charge is 0.444 e. The third kappa shape index (κ3) is 4.54. The number of benzene rings is 1. The summed E-state index contributed by atoms with van der Waals surface area (Å²) < 4.78 is 32.2. The summed E-state index contributed by atoms with van der Waals surface area (Å²) in [6.07, 6.45) is 0.0296. The lowest BCUT2D eigenvalue weighted by molar-refractivity contribution is 0.0810. The second-order valence-corrected chi connectivity index (χ2v) is 7.33. The maximum absolute atomic E-state index is 13.1. The molecule has 0 amide bonds. The molecule has 3 heterocycles. The molecule has 0 spiro atoms. The molecule has 4 rings (SSSR count). The minimum atomic E-state index is -1.46. The fraction of sp³-hybridized carbons (Fsp3) is 0.150. The summed E-state index contributed by atoms with van der Waals surface area (Å²) in [4.78, 5) is 16.3. The normalized spacial score (nSPS) is 12.0. The number of rotatable bonds is 6. The lowest BCUT2D eigenvalue weighted by Crippen LogP contribution is -2.22. The quantitative estimate of drug-likeness (QED) is 0.467. The van der Waals surface area contributed by atoms with Gasteiger partial charge in [0.25, 0.3) is 5.56 Å². The van der Waals surface area contributed by atoms with Gasteiger partial charge in [-0.2, -0.15) is 5.10 Å². The van der Waals surface area contributed by atoms with Gasteiger partial charge < -0.3 is 4.74 Å². The van der Waals surface area contributed by atoms with E-state index in [4.69, 9.17) is 4.74 Å². The van der Waals surface area contributed by atoms with Gasteiger partial charge in [0.05, 0.1) is 12.2 Å². The molecule has 0 radical (unpaired) electrons. The minimum Gasteiger partial charge on any atom is -0.444 e. The standard InChI is InChI=1S/C20H15F2N5O2S/c1-12(21)29-17-8-4-14(10-23-17)16-7-9-19(28)27(26-16)11-18-24-25-20(30-18)13-2-5-15(22)6-3-13/h2-10,12H,11H2,1H3. The first-order chi connectivity index (χ1) is 14.5. The van der Waals surface area contributed by atoms with E-state index in [2.05, 4.69) is 20.3 Å². The zero-order valence-corrected chi connectivity index (χ0v) is 16.5. The fourth-order valence-electron chi connectivity index (χ4n) is 2.64. The molecule has 3 aromatic heterocycles. The Kier molecular flexibility index (Phi) is 5.57. The van der Waals surface area contributed by atoms with E-state index in [-0.39, 0.29) is 23.8 Å². The average Bonchev–Trinajstić information content (AvgIpc) is 3.19. The molecule has 0 fully saturated rings. The lowest BCUT2D eigenvalue weighted by atomic mass is 10.2. The Balaban J connectivity index is 1.55. The van der Waals surface area contributed by atoms with Crippen LogP contribution in [0.25, 0.3) is 21.8 Å². The summed E-state index contributed by atoms with van der Waals surface area (Å²) in [5, 5.41) is 13.8. The molecule has 0 aliphatic carbocycles. The number of ether oxygens (including phenoxy) is 1. The highest BCUT2D eigenvalue weighted by Gasteiger charge is 2.11. The highest BCUT2D eigenvalue weighted by molar-refractivity contribution is 7.14. The SMILES string of the molecule is CC(F)Oc1ccc(-c2ccc(=O)n(Cc3nnc(-c4ccc(F)cc4)s3)n2)cn1. The van der Waals surface area contributed by atoms with Gasteiger partial charge in [-0.05, 0) is 36.4 Å². The van der Waals surface area contributed by atoms with Gasteiger partial charge in [0, 0.05) is 36.4 Å². The smallest absolute Gasteiger partial charge is 0.267 e. The van der Waals surface area contributed by atoms with Crippen molar-refractivity contribution < 1.29 is 13.5 Å². The molecular formula is C20H15F2N5O2S.